The summed E-state index contributed by atoms with van der Waals surface area (Å²) in [5, 5.41) is 0. The molecule has 0 bridgehead atoms. The summed E-state index contributed by atoms with van der Waals surface area (Å²) in [5.41, 5.74) is 0.540. The molecule has 2 rings (SSSR count). The van der Waals surface area contributed by atoms with Gasteiger partial charge in [0.25, 0.3) is 5.91 Å². The monoisotopic (exact) mass is 380 g/mol. The molecule has 2 aromatic carbocycles. The number of benzene rings is 2. The average molecular weight is 380 g/mol. The molecule has 8 heteroatoms. The molecular weight excluding hydrogens is 359 g/mol. The van der Waals surface area contributed by atoms with Gasteiger partial charge in [0.15, 0.2) is 0 Å². The van der Waals surface area contributed by atoms with E-state index in [1.165, 1.54) is 11.9 Å². The number of halogens is 1. The van der Waals surface area contributed by atoms with Crippen LogP contribution in [-0.2, 0) is 16.6 Å². The molecule has 0 aliphatic rings. The van der Waals surface area contributed by atoms with Crippen LogP contribution in [0.3, 0.4) is 0 Å². The number of rotatable bonds is 7. The Morgan fingerprint density at radius 1 is 1.19 bits per heavy atom. The number of amides is 1. The summed E-state index contributed by atoms with van der Waals surface area (Å²) in [6, 6.07) is 10.3. The minimum absolute atomic E-state index is 0.151. The van der Waals surface area contributed by atoms with Crippen LogP contribution >= 0.6 is 0 Å². The third-order valence-electron chi connectivity index (χ3n) is 3.74. The summed E-state index contributed by atoms with van der Waals surface area (Å²) in [6.07, 6.45) is 0. The average Bonchev–Trinajstić information content (AvgIpc) is 2.62. The normalized spacial score (nSPS) is 11.2. The van der Waals surface area contributed by atoms with E-state index in [1.807, 2.05) is 0 Å². The van der Waals surface area contributed by atoms with Gasteiger partial charge in [0.2, 0.25) is 10.0 Å². The lowest BCUT2D eigenvalue weighted by atomic mass is 10.1. The first kappa shape index (κ1) is 19.9. The molecule has 26 heavy (non-hydrogen) atoms. The maximum atomic E-state index is 14.1. The van der Waals surface area contributed by atoms with Crippen molar-refractivity contribution in [3.8, 4) is 5.75 Å². The van der Waals surface area contributed by atoms with E-state index in [1.54, 1.807) is 38.3 Å². The van der Waals surface area contributed by atoms with Crippen LogP contribution in [0, 0.1) is 5.82 Å². The molecule has 2 aromatic rings. The van der Waals surface area contributed by atoms with Gasteiger partial charge in [-0.05, 0) is 35.9 Å². The van der Waals surface area contributed by atoms with Gasteiger partial charge < -0.3 is 9.64 Å². The van der Waals surface area contributed by atoms with E-state index >= 15 is 0 Å². The summed E-state index contributed by atoms with van der Waals surface area (Å²) in [5.74, 6) is -0.686. The van der Waals surface area contributed by atoms with Crippen LogP contribution in [0.25, 0.3) is 0 Å². The Kier molecular flexibility index (Phi) is 6.33. The first-order chi connectivity index (χ1) is 12.3. The van der Waals surface area contributed by atoms with E-state index < -0.39 is 21.7 Å². The van der Waals surface area contributed by atoms with Crippen LogP contribution in [0.2, 0.25) is 0 Å². The SMILES string of the molecule is CCNS(=O)(=O)c1ccc(F)c(C(=O)N(C)Cc2ccc(OC)cc2)c1. The highest BCUT2D eigenvalue weighted by atomic mass is 32.2. The first-order valence-corrected chi connectivity index (χ1v) is 9.44. The van der Waals surface area contributed by atoms with E-state index in [0.29, 0.717) is 5.75 Å². The lowest BCUT2D eigenvalue weighted by Crippen LogP contribution is -2.28. The Morgan fingerprint density at radius 3 is 2.42 bits per heavy atom. The molecule has 1 amide bonds. The third-order valence-corrected chi connectivity index (χ3v) is 5.28. The largest absolute Gasteiger partial charge is 0.497 e. The van der Waals surface area contributed by atoms with Crippen molar-refractivity contribution in [1.29, 1.82) is 0 Å². The highest BCUT2D eigenvalue weighted by Gasteiger charge is 2.21. The van der Waals surface area contributed by atoms with Crippen LogP contribution < -0.4 is 9.46 Å². The molecule has 0 fully saturated rings. The molecule has 0 atom stereocenters. The van der Waals surface area contributed by atoms with Gasteiger partial charge in [0.05, 0.1) is 17.6 Å². The zero-order chi connectivity index (χ0) is 19.3. The summed E-state index contributed by atoms with van der Waals surface area (Å²) in [7, 11) is -0.694. The van der Waals surface area contributed by atoms with Crippen LogP contribution in [0.5, 0.6) is 5.75 Å². The van der Waals surface area contributed by atoms with Gasteiger partial charge in [-0.15, -0.1) is 0 Å². The Balaban J connectivity index is 2.24. The van der Waals surface area contributed by atoms with E-state index in [9.17, 15) is 17.6 Å². The molecule has 140 valence electrons. The van der Waals surface area contributed by atoms with Gasteiger partial charge >= 0.3 is 0 Å². The topological polar surface area (TPSA) is 75.7 Å². The third kappa shape index (κ3) is 4.59. The van der Waals surface area contributed by atoms with Crippen molar-refractivity contribution in [2.24, 2.45) is 0 Å². The molecule has 0 heterocycles. The molecular formula is C18H21FN2O4S. The smallest absolute Gasteiger partial charge is 0.256 e. The minimum atomic E-state index is -3.78. The number of hydrogen-bond donors (Lipinski definition) is 1. The quantitative estimate of drug-likeness (QED) is 0.800. The van der Waals surface area contributed by atoms with Crippen molar-refractivity contribution in [2.75, 3.05) is 20.7 Å². The fraction of sp³-hybridized carbons (Fsp3) is 0.278. The second kappa shape index (κ2) is 8.29. The lowest BCUT2D eigenvalue weighted by molar-refractivity contribution is 0.0780. The lowest BCUT2D eigenvalue weighted by Gasteiger charge is -2.18. The van der Waals surface area contributed by atoms with Crippen LogP contribution in [-0.4, -0.2) is 39.9 Å². The number of methoxy groups -OCH3 is 1. The van der Waals surface area contributed by atoms with Gasteiger partial charge in [-0.3, -0.25) is 4.79 Å². The molecule has 0 aromatic heterocycles. The molecule has 1 N–H and O–H groups in total. The second-order valence-corrected chi connectivity index (χ2v) is 7.42. The van der Waals surface area contributed by atoms with Crippen LogP contribution in [0.4, 0.5) is 4.39 Å². The number of sulfonamides is 1. The summed E-state index contributed by atoms with van der Waals surface area (Å²) in [4.78, 5) is 13.7. The highest BCUT2D eigenvalue weighted by molar-refractivity contribution is 7.89. The van der Waals surface area contributed by atoms with Crippen LogP contribution in [0.1, 0.15) is 22.8 Å². The Labute approximate surface area is 152 Å². The Morgan fingerprint density at radius 2 is 1.85 bits per heavy atom. The van der Waals surface area contributed by atoms with E-state index in [-0.39, 0.29) is 23.5 Å². The predicted molar refractivity (Wildman–Crippen MR) is 96.1 cm³/mol. The van der Waals surface area contributed by atoms with Crippen molar-refractivity contribution in [2.45, 2.75) is 18.4 Å². The standard InChI is InChI=1S/C18H21FN2O4S/c1-4-20-26(23,24)15-9-10-17(19)16(11-15)18(22)21(2)12-13-5-7-14(25-3)8-6-13/h5-11,20H,4,12H2,1-3H3. The molecule has 0 radical (unpaired) electrons. The van der Waals surface area contributed by atoms with Crippen molar-refractivity contribution < 1.29 is 22.3 Å². The first-order valence-electron chi connectivity index (χ1n) is 7.96. The molecule has 6 nitrogen and oxygen atoms in total. The molecule has 0 saturated carbocycles. The van der Waals surface area contributed by atoms with Gasteiger partial charge in [0, 0.05) is 20.1 Å². The fourth-order valence-electron chi connectivity index (χ4n) is 2.39. The molecule has 0 aliphatic carbocycles. The zero-order valence-electron chi connectivity index (χ0n) is 14.8. The zero-order valence-corrected chi connectivity index (χ0v) is 15.6. The Hall–Kier alpha value is -2.45. The van der Waals surface area contributed by atoms with Crippen molar-refractivity contribution in [3.63, 3.8) is 0 Å². The maximum absolute atomic E-state index is 14.1. The molecule has 0 saturated heterocycles. The number of nitrogens with zero attached hydrogens (tertiary/aromatic N) is 1. The summed E-state index contributed by atoms with van der Waals surface area (Å²) in [6.45, 7) is 2.07. The number of carbonyl (C=O) groups is 1. The fourth-order valence-corrected chi connectivity index (χ4v) is 3.46. The summed E-state index contributed by atoms with van der Waals surface area (Å²) >= 11 is 0. The molecule has 0 spiro atoms. The van der Waals surface area contributed by atoms with Crippen LogP contribution in [0.15, 0.2) is 47.4 Å². The van der Waals surface area contributed by atoms with Crippen molar-refractivity contribution in [1.82, 2.24) is 9.62 Å². The maximum Gasteiger partial charge on any atom is 0.256 e. The highest BCUT2D eigenvalue weighted by Crippen LogP contribution is 2.18. The van der Waals surface area contributed by atoms with Gasteiger partial charge in [-0.2, -0.15) is 0 Å². The number of hydrogen-bond acceptors (Lipinski definition) is 4. The van der Waals surface area contributed by atoms with Gasteiger partial charge in [0.1, 0.15) is 11.6 Å². The van der Waals surface area contributed by atoms with E-state index in [2.05, 4.69) is 4.72 Å². The minimum Gasteiger partial charge on any atom is -0.497 e. The molecule has 0 aliphatic heterocycles. The van der Waals surface area contributed by atoms with E-state index in [0.717, 1.165) is 23.8 Å². The number of carbonyl (C=O) groups excluding carboxylic acids is 1. The second-order valence-electron chi connectivity index (χ2n) is 5.65. The number of ether oxygens (including phenoxy) is 1. The Bertz CT molecular complexity index is 883. The van der Waals surface area contributed by atoms with Crippen molar-refractivity contribution >= 4 is 15.9 Å². The number of nitrogens with one attached hydrogen (secondary N) is 1. The van der Waals surface area contributed by atoms with Crippen molar-refractivity contribution in [3.05, 3.63) is 59.4 Å². The predicted octanol–water partition coefficient (Wildman–Crippen LogP) is 2.40. The van der Waals surface area contributed by atoms with Gasteiger partial charge in [-0.25, -0.2) is 17.5 Å². The van der Waals surface area contributed by atoms with Gasteiger partial charge in [-0.1, -0.05) is 19.1 Å². The van der Waals surface area contributed by atoms with E-state index in [4.69, 9.17) is 4.74 Å². The molecule has 0 unspecified atom stereocenters. The summed E-state index contributed by atoms with van der Waals surface area (Å²) < 4.78 is 45.6.